The van der Waals surface area contributed by atoms with E-state index in [9.17, 15) is 9.59 Å². The van der Waals surface area contributed by atoms with Crippen LogP contribution >= 0.6 is 0 Å². The number of nitrogens with one attached hydrogen (secondary N) is 1. The lowest BCUT2D eigenvalue weighted by Gasteiger charge is -2.29. The summed E-state index contributed by atoms with van der Waals surface area (Å²) >= 11 is 0. The maximum Gasteiger partial charge on any atom is 0.265 e. The number of carbonyl (C=O) groups excluding carboxylic acids is 2. The maximum absolute atomic E-state index is 12.4. The van der Waals surface area contributed by atoms with Crippen LogP contribution in [0.5, 0.6) is 23.0 Å². The molecule has 0 saturated carbocycles. The molecule has 0 aromatic heterocycles. The highest BCUT2D eigenvalue weighted by Crippen LogP contribution is 2.34. The zero-order chi connectivity index (χ0) is 24.5. The SMILES string of the molecule is CCOc1ccc(OCC(=O)Nc2ccc3c(c2)OCC(=O)N3CCCOc2ccccc2)cc1. The van der Waals surface area contributed by atoms with Gasteiger partial charge in [-0.05, 0) is 61.9 Å². The summed E-state index contributed by atoms with van der Waals surface area (Å²) in [6.07, 6.45) is 0.668. The molecular formula is C27H28N2O6. The number of amides is 2. The van der Waals surface area contributed by atoms with E-state index in [1.165, 1.54) is 0 Å². The molecular weight excluding hydrogens is 448 g/mol. The fourth-order valence-electron chi connectivity index (χ4n) is 3.60. The Morgan fingerprint density at radius 3 is 2.40 bits per heavy atom. The quantitative estimate of drug-likeness (QED) is 0.416. The van der Waals surface area contributed by atoms with Crippen LogP contribution in [0.25, 0.3) is 0 Å². The van der Waals surface area contributed by atoms with Crippen LogP contribution in [0.4, 0.5) is 11.4 Å². The maximum atomic E-state index is 12.4. The van der Waals surface area contributed by atoms with Crippen molar-refractivity contribution in [1.82, 2.24) is 0 Å². The summed E-state index contributed by atoms with van der Waals surface area (Å²) in [6, 6.07) is 21.9. The number of para-hydroxylation sites is 1. The Morgan fingerprint density at radius 2 is 1.66 bits per heavy atom. The van der Waals surface area contributed by atoms with E-state index in [0.29, 0.717) is 49.1 Å². The summed E-state index contributed by atoms with van der Waals surface area (Å²) in [6.45, 7) is 3.30. The normalized spacial score (nSPS) is 12.4. The van der Waals surface area contributed by atoms with Gasteiger partial charge in [-0.25, -0.2) is 0 Å². The number of rotatable bonds is 11. The fraction of sp³-hybridized carbons (Fsp3) is 0.259. The van der Waals surface area contributed by atoms with Crippen molar-refractivity contribution in [2.75, 3.05) is 43.2 Å². The second-order valence-electron chi connectivity index (χ2n) is 7.77. The molecule has 0 spiro atoms. The molecule has 3 aromatic carbocycles. The third kappa shape index (κ3) is 6.66. The van der Waals surface area contributed by atoms with Crippen LogP contribution < -0.4 is 29.2 Å². The van der Waals surface area contributed by atoms with E-state index in [-0.39, 0.29) is 25.0 Å². The van der Waals surface area contributed by atoms with E-state index in [2.05, 4.69) is 5.32 Å². The van der Waals surface area contributed by atoms with Gasteiger partial charge in [0.05, 0.1) is 18.9 Å². The molecule has 0 fully saturated rings. The van der Waals surface area contributed by atoms with E-state index in [1.54, 1.807) is 47.4 Å². The summed E-state index contributed by atoms with van der Waals surface area (Å²) in [5, 5.41) is 2.80. The van der Waals surface area contributed by atoms with Gasteiger partial charge < -0.3 is 29.2 Å². The molecule has 4 rings (SSSR count). The highest BCUT2D eigenvalue weighted by atomic mass is 16.5. The first-order valence-corrected chi connectivity index (χ1v) is 11.5. The van der Waals surface area contributed by atoms with E-state index in [0.717, 1.165) is 11.5 Å². The van der Waals surface area contributed by atoms with Gasteiger partial charge in [0.15, 0.2) is 13.2 Å². The van der Waals surface area contributed by atoms with Crippen molar-refractivity contribution >= 4 is 23.2 Å². The Bertz CT molecular complexity index is 1130. The average Bonchev–Trinajstić information content (AvgIpc) is 2.88. The Labute approximate surface area is 204 Å². The molecule has 0 atom stereocenters. The van der Waals surface area contributed by atoms with Crippen molar-refractivity contribution in [1.29, 1.82) is 0 Å². The van der Waals surface area contributed by atoms with Gasteiger partial charge in [0, 0.05) is 18.3 Å². The van der Waals surface area contributed by atoms with Gasteiger partial charge in [0.25, 0.3) is 11.8 Å². The van der Waals surface area contributed by atoms with Crippen LogP contribution in [0, 0.1) is 0 Å². The van der Waals surface area contributed by atoms with E-state index in [1.807, 2.05) is 37.3 Å². The summed E-state index contributed by atoms with van der Waals surface area (Å²) in [5.74, 6) is 2.24. The zero-order valence-electron chi connectivity index (χ0n) is 19.6. The summed E-state index contributed by atoms with van der Waals surface area (Å²) in [5.41, 5.74) is 1.23. The molecule has 0 unspecified atom stereocenters. The van der Waals surface area contributed by atoms with Gasteiger partial charge in [-0.3, -0.25) is 9.59 Å². The number of fused-ring (bicyclic) bond motifs is 1. The minimum absolute atomic E-state index is 0.0508. The van der Waals surface area contributed by atoms with Gasteiger partial charge in [0.2, 0.25) is 0 Å². The molecule has 1 aliphatic heterocycles. The topological polar surface area (TPSA) is 86.3 Å². The minimum atomic E-state index is -0.305. The first kappa shape index (κ1) is 23.9. The predicted molar refractivity (Wildman–Crippen MR) is 133 cm³/mol. The van der Waals surface area contributed by atoms with Crippen molar-refractivity contribution in [2.45, 2.75) is 13.3 Å². The van der Waals surface area contributed by atoms with Gasteiger partial charge in [-0.1, -0.05) is 18.2 Å². The van der Waals surface area contributed by atoms with Crippen LogP contribution in [0.3, 0.4) is 0 Å². The molecule has 1 N–H and O–H groups in total. The Hall–Kier alpha value is -4.20. The molecule has 1 heterocycles. The van der Waals surface area contributed by atoms with Gasteiger partial charge in [-0.15, -0.1) is 0 Å². The lowest BCUT2D eigenvalue weighted by Crippen LogP contribution is -2.39. The van der Waals surface area contributed by atoms with Crippen LogP contribution in [-0.2, 0) is 9.59 Å². The van der Waals surface area contributed by atoms with E-state index < -0.39 is 0 Å². The zero-order valence-corrected chi connectivity index (χ0v) is 19.6. The lowest BCUT2D eigenvalue weighted by molar-refractivity contribution is -0.121. The molecule has 8 heteroatoms. The Balaban J connectivity index is 1.29. The van der Waals surface area contributed by atoms with Crippen LogP contribution in [-0.4, -0.2) is 44.8 Å². The van der Waals surface area contributed by atoms with Crippen molar-refractivity contribution in [3.63, 3.8) is 0 Å². The molecule has 0 radical (unpaired) electrons. The van der Waals surface area contributed by atoms with Crippen molar-refractivity contribution < 1.29 is 28.5 Å². The fourth-order valence-corrected chi connectivity index (χ4v) is 3.60. The number of benzene rings is 3. The Kier molecular flexibility index (Phi) is 8.06. The van der Waals surface area contributed by atoms with E-state index >= 15 is 0 Å². The van der Waals surface area contributed by atoms with Gasteiger partial charge in [-0.2, -0.15) is 0 Å². The van der Waals surface area contributed by atoms with Crippen molar-refractivity contribution in [3.05, 3.63) is 72.8 Å². The average molecular weight is 477 g/mol. The first-order chi connectivity index (χ1) is 17.1. The molecule has 3 aromatic rings. The number of hydrogen-bond donors (Lipinski definition) is 1. The summed E-state index contributed by atoms with van der Waals surface area (Å²) in [7, 11) is 0. The largest absolute Gasteiger partial charge is 0.494 e. The lowest BCUT2D eigenvalue weighted by atomic mass is 10.2. The number of carbonyl (C=O) groups is 2. The molecule has 0 aliphatic carbocycles. The first-order valence-electron chi connectivity index (χ1n) is 11.5. The number of nitrogens with zero attached hydrogens (tertiary/aromatic N) is 1. The standard InChI is InChI=1S/C27H28N2O6/c1-2-32-22-10-12-23(13-11-22)34-18-26(30)28-20-9-14-24-25(17-20)35-19-27(31)29(24)15-6-16-33-21-7-4-3-5-8-21/h3-5,7-14,17H,2,6,15-16,18-19H2,1H3,(H,28,30). The summed E-state index contributed by atoms with van der Waals surface area (Å²) < 4.78 is 22.3. The second-order valence-corrected chi connectivity index (χ2v) is 7.77. The highest BCUT2D eigenvalue weighted by molar-refractivity contribution is 5.99. The van der Waals surface area contributed by atoms with Crippen LogP contribution in [0.15, 0.2) is 72.8 Å². The third-order valence-electron chi connectivity index (χ3n) is 5.23. The molecule has 2 amide bonds. The third-order valence-corrected chi connectivity index (χ3v) is 5.23. The molecule has 8 nitrogen and oxygen atoms in total. The molecule has 0 bridgehead atoms. The Morgan fingerprint density at radius 1 is 0.943 bits per heavy atom. The monoisotopic (exact) mass is 476 g/mol. The highest BCUT2D eigenvalue weighted by Gasteiger charge is 2.25. The molecule has 35 heavy (non-hydrogen) atoms. The van der Waals surface area contributed by atoms with E-state index in [4.69, 9.17) is 18.9 Å². The summed E-state index contributed by atoms with van der Waals surface area (Å²) in [4.78, 5) is 26.5. The number of hydrogen-bond acceptors (Lipinski definition) is 6. The number of ether oxygens (including phenoxy) is 4. The minimum Gasteiger partial charge on any atom is -0.494 e. The smallest absolute Gasteiger partial charge is 0.265 e. The second kappa shape index (κ2) is 11.8. The van der Waals surface area contributed by atoms with Crippen LogP contribution in [0.2, 0.25) is 0 Å². The van der Waals surface area contributed by atoms with Gasteiger partial charge >= 0.3 is 0 Å². The van der Waals surface area contributed by atoms with Crippen molar-refractivity contribution in [3.8, 4) is 23.0 Å². The number of anilines is 2. The molecule has 182 valence electrons. The predicted octanol–water partition coefficient (Wildman–Crippen LogP) is 4.30. The van der Waals surface area contributed by atoms with Crippen molar-refractivity contribution in [2.24, 2.45) is 0 Å². The molecule has 0 saturated heterocycles. The van der Waals surface area contributed by atoms with Crippen LogP contribution in [0.1, 0.15) is 13.3 Å². The molecule has 1 aliphatic rings. The van der Waals surface area contributed by atoms with Gasteiger partial charge in [0.1, 0.15) is 23.0 Å².